The average Bonchev–Trinajstić information content (AvgIpc) is 2.91. The van der Waals surface area contributed by atoms with Gasteiger partial charge in [0, 0.05) is 17.5 Å². The van der Waals surface area contributed by atoms with Crippen LogP contribution in [-0.4, -0.2) is 32.6 Å². The second-order valence-electron chi connectivity index (χ2n) is 3.93. The number of aromatic carboxylic acids is 1. The van der Waals surface area contributed by atoms with Gasteiger partial charge in [0.1, 0.15) is 5.69 Å². The van der Waals surface area contributed by atoms with Crippen LogP contribution < -0.4 is 5.32 Å². The van der Waals surface area contributed by atoms with Gasteiger partial charge in [0.15, 0.2) is 11.5 Å². The summed E-state index contributed by atoms with van der Waals surface area (Å²) in [5, 5.41) is 14.2. The molecule has 0 fully saturated rings. The maximum Gasteiger partial charge on any atom is 0.354 e. The molecule has 0 spiro atoms. The lowest BCUT2D eigenvalue weighted by Crippen LogP contribution is -2.27. The summed E-state index contributed by atoms with van der Waals surface area (Å²) < 4.78 is 0. The standard InChI is InChI=1S/C11H10N4O2S/c16-11(17)9-6-1-2-12-3-7(6)14-10(15-9)8-4-18-5-13-8/h4-5,12H,1-3H2,(H,16,17). The van der Waals surface area contributed by atoms with E-state index >= 15 is 0 Å². The van der Waals surface area contributed by atoms with E-state index in [1.54, 1.807) is 5.51 Å². The number of aromatic nitrogens is 3. The molecule has 2 aromatic heterocycles. The van der Waals surface area contributed by atoms with Crippen LogP contribution in [-0.2, 0) is 13.0 Å². The largest absolute Gasteiger partial charge is 0.476 e. The van der Waals surface area contributed by atoms with Crippen molar-refractivity contribution in [3.63, 3.8) is 0 Å². The number of rotatable bonds is 2. The van der Waals surface area contributed by atoms with E-state index in [4.69, 9.17) is 0 Å². The molecule has 0 aromatic carbocycles. The van der Waals surface area contributed by atoms with Gasteiger partial charge in [-0.1, -0.05) is 0 Å². The number of thiazole rings is 1. The molecule has 1 aliphatic heterocycles. The van der Waals surface area contributed by atoms with Gasteiger partial charge in [0.05, 0.1) is 11.2 Å². The van der Waals surface area contributed by atoms with Crippen molar-refractivity contribution in [1.29, 1.82) is 0 Å². The van der Waals surface area contributed by atoms with Crippen molar-refractivity contribution in [3.8, 4) is 11.5 Å². The van der Waals surface area contributed by atoms with Crippen molar-refractivity contribution in [1.82, 2.24) is 20.3 Å². The highest BCUT2D eigenvalue weighted by molar-refractivity contribution is 7.07. The first-order valence-corrected chi connectivity index (χ1v) is 6.42. The summed E-state index contributed by atoms with van der Waals surface area (Å²) in [6.07, 6.45) is 0.647. The molecule has 0 radical (unpaired) electrons. The zero-order valence-electron chi connectivity index (χ0n) is 9.38. The van der Waals surface area contributed by atoms with Crippen molar-refractivity contribution in [2.24, 2.45) is 0 Å². The van der Waals surface area contributed by atoms with Crippen molar-refractivity contribution < 1.29 is 9.90 Å². The number of carboxylic acid groups (broad SMARTS) is 1. The third-order valence-electron chi connectivity index (χ3n) is 2.80. The number of nitrogens with zero attached hydrogens (tertiary/aromatic N) is 3. The Morgan fingerprint density at radius 1 is 1.44 bits per heavy atom. The van der Waals surface area contributed by atoms with Gasteiger partial charge in [-0.05, 0) is 13.0 Å². The van der Waals surface area contributed by atoms with E-state index < -0.39 is 5.97 Å². The molecule has 7 heteroatoms. The molecular formula is C11H10N4O2S. The minimum atomic E-state index is -1.01. The normalized spacial score (nSPS) is 14.2. The van der Waals surface area contributed by atoms with Gasteiger partial charge in [-0.25, -0.2) is 19.7 Å². The summed E-state index contributed by atoms with van der Waals surface area (Å²) in [4.78, 5) is 23.9. The van der Waals surface area contributed by atoms with Crippen molar-refractivity contribution in [2.75, 3.05) is 6.54 Å². The fourth-order valence-corrected chi connectivity index (χ4v) is 2.50. The second kappa shape index (κ2) is 4.43. The number of hydrogen-bond acceptors (Lipinski definition) is 6. The van der Waals surface area contributed by atoms with Crippen LogP contribution in [0.25, 0.3) is 11.5 Å². The molecule has 0 aliphatic carbocycles. The van der Waals surface area contributed by atoms with Gasteiger partial charge >= 0.3 is 5.97 Å². The van der Waals surface area contributed by atoms with Gasteiger partial charge in [0.2, 0.25) is 0 Å². The fourth-order valence-electron chi connectivity index (χ4n) is 1.97. The van der Waals surface area contributed by atoms with Crippen LogP contribution in [0.2, 0.25) is 0 Å². The Morgan fingerprint density at radius 3 is 3.06 bits per heavy atom. The molecule has 0 atom stereocenters. The molecule has 92 valence electrons. The van der Waals surface area contributed by atoms with Gasteiger partial charge in [0.25, 0.3) is 0 Å². The minimum Gasteiger partial charge on any atom is -0.476 e. The van der Waals surface area contributed by atoms with E-state index in [0.29, 0.717) is 24.5 Å². The molecule has 0 unspecified atom stereocenters. The molecule has 3 rings (SSSR count). The highest BCUT2D eigenvalue weighted by Crippen LogP contribution is 2.21. The van der Waals surface area contributed by atoms with Crippen LogP contribution in [0.3, 0.4) is 0 Å². The highest BCUT2D eigenvalue weighted by atomic mass is 32.1. The smallest absolute Gasteiger partial charge is 0.354 e. The fraction of sp³-hybridized carbons (Fsp3) is 0.273. The Kier molecular flexibility index (Phi) is 2.77. The first-order chi connectivity index (χ1) is 8.75. The van der Waals surface area contributed by atoms with Crippen LogP contribution in [0, 0.1) is 0 Å². The van der Waals surface area contributed by atoms with E-state index in [-0.39, 0.29) is 5.69 Å². The molecule has 3 heterocycles. The molecule has 18 heavy (non-hydrogen) atoms. The topological polar surface area (TPSA) is 88.0 Å². The van der Waals surface area contributed by atoms with Gasteiger partial charge in [-0.15, -0.1) is 11.3 Å². The van der Waals surface area contributed by atoms with Crippen LogP contribution in [0.4, 0.5) is 0 Å². The SMILES string of the molecule is O=C(O)c1nc(-c2cscn2)nc2c1CCNC2. The van der Waals surface area contributed by atoms with E-state index in [0.717, 1.165) is 17.8 Å². The van der Waals surface area contributed by atoms with Crippen LogP contribution in [0.15, 0.2) is 10.9 Å². The lowest BCUT2D eigenvalue weighted by molar-refractivity contribution is 0.0688. The zero-order chi connectivity index (χ0) is 12.5. The van der Waals surface area contributed by atoms with Gasteiger partial charge in [-0.2, -0.15) is 0 Å². The summed E-state index contributed by atoms with van der Waals surface area (Å²) in [5.41, 5.74) is 3.90. The average molecular weight is 262 g/mol. The first kappa shape index (κ1) is 11.2. The Hall–Kier alpha value is -1.86. The highest BCUT2D eigenvalue weighted by Gasteiger charge is 2.22. The molecule has 0 amide bonds. The van der Waals surface area contributed by atoms with Crippen molar-refractivity contribution in [2.45, 2.75) is 13.0 Å². The number of carbonyl (C=O) groups is 1. The molecule has 0 saturated heterocycles. The summed E-state index contributed by atoms with van der Waals surface area (Å²) in [7, 11) is 0. The molecule has 2 aromatic rings. The predicted molar refractivity (Wildman–Crippen MR) is 65.5 cm³/mol. The molecule has 0 bridgehead atoms. The third-order valence-corrected chi connectivity index (χ3v) is 3.39. The Bertz CT molecular complexity index is 597. The molecule has 1 aliphatic rings. The number of hydrogen-bond donors (Lipinski definition) is 2. The lowest BCUT2D eigenvalue weighted by Gasteiger charge is -2.18. The van der Waals surface area contributed by atoms with Crippen LogP contribution in [0.5, 0.6) is 0 Å². The molecular weight excluding hydrogens is 252 g/mol. The second-order valence-corrected chi connectivity index (χ2v) is 4.65. The Balaban J connectivity index is 2.18. The zero-order valence-corrected chi connectivity index (χ0v) is 10.2. The minimum absolute atomic E-state index is 0.101. The number of fused-ring (bicyclic) bond motifs is 1. The van der Waals surface area contributed by atoms with Crippen LogP contribution >= 0.6 is 11.3 Å². The summed E-state index contributed by atoms with van der Waals surface area (Å²) in [5.74, 6) is -0.622. The van der Waals surface area contributed by atoms with E-state index in [9.17, 15) is 9.90 Å². The molecule has 6 nitrogen and oxygen atoms in total. The van der Waals surface area contributed by atoms with E-state index in [1.165, 1.54) is 11.3 Å². The molecule has 0 saturated carbocycles. The van der Waals surface area contributed by atoms with Crippen molar-refractivity contribution in [3.05, 3.63) is 27.8 Å². The maximum absolute atomic E-state index is 11.3. The quantitative estimate of drug-likeness (QED) is 0.837. The van der Waals surface area contributed by atoms with E-state index in [2.05, 4.69) is 20.3 Å². The number of nitrogens with one attached hydrogen (secondary N) is 1. The third kappa shape index (κ3) is 1.87. The predicted octanol–water partition coefficient (Wildman–Crippen LogP) is 0.944. The van der Waals surface area contributed by atoms with Crippen molar-refractivity contribution >= 4 is 17.3 Å². The van der Waals surface area contributed by atoms with E-state index in [1.807, 2.05) is 5.38 Å². The van der Waals surface area contributed by atoms with Gasteiger partial charge in [-0.3, -0.25) is 0 Å². The summed E-state index contributed by atoms with van der Waals surface area (Å²) in [6, 6.07) is 0. The summed E-state index contributed by atoms with van der Waals surface area (Å²) >= 11 is 1.43. The first-order valence-electron chi connectivity index (χ1n) is 5.48. The molecule has 2 N–H and O–H groups in total. The summed E-state index contributed by atoms with van der Waals surface area (Å²) in [6.45, 7) is 1.34. The van der Waals surface area contributed by atoms with Gasteiger partial charge < -0.3 is 10.4 Å². The number of carboxylic acids is 1. The monoisotopic (exact) mass is 262 g/mol. The van der Waals surface area contributed by atoms with Crippen LogP contribution in [0.1, 0.15) is 21.7 Å². The Labute approximate surface area is 107 Å². The Morgan fingerprint density at radius 2 is 2.33 bits per heavy atom. The maximum atomic E-state index is 11.3. The lowest BCUT2D eigenvalue weighted by atomic mass is 10.0.